The van der Waals surface area contributed by atoms with Gasteiger partial charge in [-0.05, 0) is 49.9 Å². The van der Waals surface area contributed by atoms with Gasteiger partial charge in [-0.3, -0.25) is 9.59 Å². The third kappa shape index (κ3) is 5.33. The van der Waals surface area contributed by atoms with Crippen LogP contribution in [0.5, 0.6) is 0 Å². The lowest BCUT2D eigenvalue weighted by Crippen LogP contribution is -2.49. The molecule has 0 bridgehead atoms. The first kappa shape index (κ1) is 20.0. The van der Waals surface area contributed by atoms with E-state index in [1.807, 2.05) is 0 Å². The van der Waals surface area contributed by atoms with Crippen LogP contribution in [0.1, 0.15) is 36.0 Å². The molecule has 1 aliphatic rings. The van der Waals surface area contributed by atoms with E-state index in [2.05, 4.69) is 11.9 Å². The molecule has 1 saturated heterocycles. The van der Waals surface area contributed by atoms with Gasteiger partial charge in [0.1, 0.15) is 6.04 Å². The van der Waals surface area contributed by atoms with Crippen LogP contribution in [0.25, 0.3) is 0 Å². The van der Waals surface area contributed by atoms with E-state index in [9.17, 15) is 19.5 Å². The van der Waals surface area contributed by atoms with E-state index in [0.29, 0.717) is 42.8 Å². The van der Waals surface area contributed by atoms with Crippen molar-refractivity contribution in [3.63, 3.8) is 0 Å². The Morgan fingerprint density at radius 3 is 2.65 bits per heavy atom. The predicted octanol–water partition coefficient (Wildman–Crippen LogP) is 2.73. The molecule has 2 N–H and O–H groups in total. The smallest absolute Gasteiger partial charge is 0.326 e. The highest BCUT2D eigenvalue weighted by Gasteiger charge is 2.31. The molecule has 2 amide bonds. The number of benzene rings is 1. The summed E-state index contributed by atoms with van der Waals surface area (Å²) in [6, 6.07) is 5.68. The number of halogens is 1. The van der Waals surface area contributed by atoms with E-state index in [4.69, 9.17) is 11.6 Å². The van der Waals surface area contributed by atoms with E-state index >= 15 is 0 Å². The Morgan fingerprint density at radius 1 is 1.35 bits per heavy atom. The third-order valence-electron chi connectivity index (χ3n) is 4.44. The Kier molecular flexibility index (Phi) is 7.21. The maximum atomic E-state index is 12.6. The van der Waals surface area contributed by atoms with Crippen LogP contribution in [0.2, 0.25) is 5.02 Å². The molecule has 1 aromatic carbocycles. The minimum absolute atomic E-state index is 0.152. The zero-order valence-corrected chi connectivity index (χ0v) is 15.2. The quantitative estimate of drug-likeness (QED) is 0.714. The zero-order valence-electron chi connectivity index (χ0n) is 14.5. The van der Waals surface area contributed by atoms with Gasteiger partial charge in [0.15, 0.2) is 0 Å². The largest absolute Gasteiger partial charge is 0.480 e. The summed E-state index contributed by atoms with van der Waals surface area (Å²) in [5.74, 6) is -1.95. The van der Waals surface area contributed by atoms with Crippen molar-refractivity contribution in [3.05, 3.63) is 47.5 Å². The number of carboxylic acids is 1. The average Bonchev–Trinajstić information content (AvgIpc) is 2.64. The lowest BCUT2D eigenvalue weighted by Gasteiger charge is -2.32. The number of carbonyl (C=O) groups excluding carboxylic acids is 2. The van der Waals surface area contributed by atoms with Crippen LogP contribution >= 0.6 is 11.6 Å². The van der Waals surface area contributed by atoms with Crippen LogP contribution in [0.15, 0.2) is 36.9 Å². The van der Waals surface area contributed by atoms with Crippen molar-refractivity contribution >= 4 is 29.4 Å². The first-order chi connectivity index (χ1) is 12.4. The second-order valence-electron chi connectivity index (χ2n) is 6.36. The minimum Gasteiger partial charge on any atom is -0.480 e. The molecular formula is C19H23ClN2O4. The molecule has 2 atom stereocenters. The highest BCUT2D eigenvalue weighted by Crippen LogP contribution is 2.20. The van der Waals surface area contributed by atoms with Crippen LogP contribution < -0.4 is 5.32 Å². The second kappa shape index (κ2) is 9.38. The fourth-order valence-electron chi connectivity index (χ4n) is 2.98. The molecule has 6 nitrogen and oxygen atoms in total. The molecule has 1 fully saturated rings. The standard InChI is InChI=1S/C19H23ClN2O4/c1-2-3-6-16(19(25)26)21-17(23)14-5-4-11-22(12-14)18(24)13-7-9-15(20)10-8-13/h2,7-10,14,16H,1,3-6,11-12H2,(H,21,23)(H,25,26). The number of carbonyl (C=O) groups is 3. The van der Waals surface area contributed by atoms with Gasteiger partial charge in [0.05, 0.1) is 5.92 Å². The molecule has 140 valence electrons. The molecular weight excluding hydrogens is 356 g/mol. The fraction of sp³-hybridized carbons (Fsp3) is 0.421. The van der Waals surface area contributed by atoms with Crippen molar-refractivity contribution in [1.29, 1.82) is 0 Å². The van der Waals surface area contributed by atoms with Gasteiger partial charge in [0.25, 0.3) is 5.91 Å². The highest BCUT2D eigenvalue weighted by atomic mass is 35.5. The highest BCUT2D eigenvalue weighted by molar-refractivity contribution is 6.30. The Hall–Kier alpha value is -2.34. The van der Waals surface area contributed by atoms with Crippen molar-refractivity contribution in [1.82, 2.24) is 10.2 Å². The van der Waals surface area contributed by atoms with E-state index in [-0.39, 0.29) is 18.4 Å². The monoisotopic (exact) mass is 378 g/mol. The van der Waals surface area contributed by atoms with Crippen LogP contribution in [0.4, 0.5) is 0 Å². The van der Waals surface area contributed by atoms with Crippen LogP contribution in [0, 0.1) is 5.92 Å². The number of likely N-dealkylation sites (tertiary alicyclic amines) is 1. The van der Waals surface area contributed by atoms with Gasteiger partial charge in [0.2, 0.25) is 5.91 Å². The molecule has 26 heavy (non-hydrogen) atoms. The fourth-order valence-corrected chi connectivity index (χ4v) is 3.11. The Balaban J connectivity index is 1.98. The van der Waals surface area contributed by atoms with Gasteiger partial charge in [-0.25, -0.2) is 4.79 Å². The number of nitrogens with one attached hydrogen (secondary N) is 1. The number of allylic oxidation sites excluding steroid dienone is 1. The summed E-state index contributed by atoms with van der Waals surface area (Å²) in [6.07, 6.45) is 3.74. The number of rotatable bonds is 7. The number of hydrogen-bond acceptors (Lipinski definition) is 3. The lowest BCUT2D eigenvalue weighted by atomic mass is 9.95. The summed E-state index contributed by atoms with van der Waals surface area (Å²) >= 11 is 5.85. The van der Waals surface area contributed by atoms with Gasteiger partial charge in [0, 0.05) is 23.7 Å². The zero-order chi connectivity index (χ0) is 19.1. The van der Waals surface area contributed by atoms with E-state index in [0.717, 1.165) is 0 Å². The summed E-state index contributed by atoms with van der Waals surface area (Å²) < 4.78 is 0. The lowest BCUT2D eigenvalue weighted by molar-refractivity contribution is -0.142. The Labute approximate surface area is 157 Å². The summed E-state index contributed by atoms with van der Waals surface area (Å²) in [5, 5.41) is 12.4. The second-order valence-corrected chi connectivity index (χ2v) is 6.80. The molecule has 0 aromatic heterocycles. The van der Waals surface area contributed by atoms with Gasteiger partial charge < -0.3 is 15.3 Å². The molecule has 1 aromatic rings. The molecule has 1 heterocycles. The van der Waals surface area contributed by atoms with Gasteiger partial charge in [-0.1, -0.05) is 17.7 Å². The molecule has 2 rings (SSSR count). The molecule has 0 radical (unpaired) electrons. The van der Waals surface area contributed by atoms with E-state index in [1.165, 1.54) is 0 Å². The molecule has 0 saturated carbocycles. The molecule has 2 unspecified atom stereocenters. The number of hydrogen-bond donors (Lipinski definition) is 2. The van der Waals surface area contributed by atoms with Crippen molar-refractivity contribution in [3.8, 4) is 0 Å². The van der Waals surface area contributed by atoms with Crippen molar-refractivity contribution in [2.24, 2.45) is 5.92 Å². The molecule has 1 aliphatic heterocycles. The summed E-state index contributed by atoms with van der Waals surface area (Å²) in [5.41, 5.74) is 0.518. The first-order valence-corrected chi connectivity index (χ1v) is 8.99. The van der Waals surface area contributed by atoms with Crippen molar-refractivity contribution < 1.29 is 19.5 Å². The predicted molar refractivity (Wildman–Crippen MR) is 99.1 cm³/mol. The van der Waals surface area contributed by atoms with Crippen molar-refractivity contribution in [2.75, 3.05) is 13.1 Å². The van der Waals surface area contributed by atoms with Crippen LogP contribution in [0.3, 0.4) is 0 Å². The topological polar surface area (TPSA) is 86.7 Å². The Bertz CT molecular complexity index is 675. The SMILES string of the molecule is C=CCCC(NC(=O)C1CCCN(C(=O)c2ccc(Cl)cc2)C1)C(=O)O. The molecule has 0 spiro atoms. The van der Waals surface area contributed by atoms with Gasteiger partial charge in [-0.15, -0.1) is 6.58 Å². The minimum atomic E-state index is -1.06. The number of amides is 2. The van der Waals surface area contributed by atoms with E-state index < -0.39 is 17.9 Å². The average molecular weight is 379 g/mol. The number of piperidine rings is 1. The molecule has 7 heteroatoms. The van der Waals surface area contributed by atoms with Crippen LogP contribution in [-0.2, 0) is 9.59 Å². The maximum absolute atomic E-state index is 12.6. The molecule has 0 aliphatic carbocycles. The normalized spacial score (nSPS) is 18.0. The number of nitrogens with zero attached hydrogens (tertiary/aromatic N) is 1. The van der Waals surface area contributed by atoms with Crippen molar-refractivity contribution in [2.45, 2.75) is 31.7 Å². The first-order valence-electron chi connectivity index (χ1n) is 8.61. The third-order valence-corrected chi connectivity index (χ3v) is 4.70. The van der Waals surface area contributed by atoms with E-state index in [1.54, 1.807) is 35.2 Å². The van der Waals surface area contributed by atoms with Gasteiger partial charge >= 0.3 is 5.97 Å². The number of aliphatic carboxylic acids is 1. The van der Waals surface area contributed by atoms with Gasteiger partial charge in [-0.2, -0.15) is 0 Å². The Morgan fingerprint density at radius 2 is 2.04 bits per heavy atom. The maximum Gasteiger partial charge on any atom is 0.326 e. The van der Waals surface area contributed by atoms with Crippen LogP contribution in [-0.4, -0.2) is 46.9 Å². The summed E-state index contributed by atoms with van der Waals surface area (Å²) in [4.78, 5) is 38.0. The summed E-state index contributed by atoms with van der Waals surface area (Å²) in [7, 11) is 0. The number of carboxylic acid groups (broad SMARTS) is 1. The summed E-state index contributed by atoms with van der Waals surface area (Å²) in [6.45, 7) is 4.42.